The zero-order valence-corrected chi connectivity index (χ0v) is 15.6. The van der Waals surface area contributed by atoms with E-state index in [1.54, 1.807) is 24.3 Å². The Bertz CT molecular complexity index is 1030. The number of amides is 2. The number of benzene rings is 2. The lowest BCUT2D eigenvalue weighted by atomic mass is 10.1. The van der Waals surface area contributed by atoms with Crippen LogP contribution in [0.25, 0.3) is 10.8 Å². The lowest BCUT2D eigenvalue weighted by Crippen LogP contribution is -2.32. The molecule has 0 radical (unpaired) electrons. The maximum absolute atomic E-state index is 12.6. The van der Waals surface area contributed by atoms with Gasteiger partial charge in [-0.25, -0.2) is 4.98 Å². The van der Waals surface area contributed by atoms with Crippen LogP contribution in [-0.4, -0.2) is 30.5 Å². The number of methoxy groups -OCH3 is 1. The smallest absolute Gasteiger partial charge is 0.227 e. The van der Waals surface area contributed by atoms with Gasteiger partial charge in [0, 0.05) is 37.2 Å². The number of pyridine rings is 1. The van der Waals surface area contributed by atoms with E-state index in [1.165, 1.54) is 0 Å². The molecule has 6 heteroatoms. The van der Waals surface area contributed by atoms with Crippen molar-refractivity contribution in [1.29, 1.82) is 0 Å². The summed E-state index contributed by atoms with van der Waals surface area (Å²) in [7, 11) is 1.55. The fraction of sp³-hybridized carbons (Fsp3) is 0.227. The van der Waals surface area contributed by atoms with Gasteiger partial charge in [0.25, 0.3) is 0 Å². The number of aromatic nitrogens is 1. The van der Waals surface area contributed by atoms with Crippen LogP contribution >= 0.6 is 0 Å². The van der Waals surface area contributed by atoms with Crippen LogP contribution in [0, 0.1) is 5.92 Å². The second kappa shape index (κ2) is 7.68. The van der Waals surface area contributed by atoms with Crippen LogP contribution in [0.3, 0.4) is 0 Å². The molecule has 1 unspecified atom stereocenters. The number of nitrogens with zero attached hydrogens (tertiary/aromatic N) is 2. The summed E-state index contributed by atoms with van der Waals surface area (Å²) in [5, 5.41) is 5.01. The molecule has 0 aliphatic carbocycles. The highest BCUT2D eigenvalue weighted by atomic mass is 16.5. The van der Waals surface area contributed by atoms with Crippen LogP contribution < -0.4 is 15.0 Å². The van der Waals surface area contributed by atoms with Crippen molar-refractivity contribution in [3.05, 3.63) is 66.4 Å². The molecule has 28 heavy (non-hydrogen) atoms. The maximum atomic E-state index is 12.6. The Kier molecular flexibility index (Phi) is 4.93. The Morgan fingerprint density at radius 3 is 2.89 bits per heavy atom. The van der Waals surface area contributed by atoms with Crippen molar-refractivity contribution >= 4 is 28.3 Å². The third-order valence-electron chi connectivity index (χ3n) is 5.03. The standard InChI is InChI=1S/C22H21N3O3/c1-28-20-11-15(9-10-23-20)13-24-22(27)17-12-21(26)25(14-17)19-8-4-6-16-5-2-3-7-18(16)19/h2-11,17H,12-14H2,1H3,(H,24,27). The SMILES string of the molecule is COc1cc(CNC(=O)C2CC(=O)N(c3cccc4ccccc34)C2)ccn1. The van der Waals surface area contributed by atoms with Gasteiger partial charge in [-0.3, -0.25) is 9.59 Å². The third kappa shape index (κ3) is 3.53. The Hall–Kier alpha value is -3.41. The molecule has 4 rings (SSSR count). The summed E-state index contributed by atoms with van der Waals surface area (Å²) in [6, 6.07) is 17.5. The van der Waals surface area contributed by atoms with E-state index in [1.807, 2.05) is 48.5 Å². The van der Waals surface area contributed by atoms with Crippen molar-refractivity contribution in [2.75, 3.05) is 18.6 Å². The molecule has 0 bridgehead atoms. The summed E-state index contributed by atoms with van der Waals surface area (Å²) in [5.41, 5.74) is 1.76. The molecule has 1 fully saturated rings. The van der Waals surface area contributed by atoms with Crippen molar-refractivity contribution in [1.82, 2.24) is 10.3 Å². The van der Waals surface area contributed by atoms with E-state index in [-0.39, 0.29) is 24.2 Å². The minimum absolute atomic E-state index is 0.0258. The average Bonchev–Trinajstić information content (AvgIpc) is 3.13. The first-order chi connectivity index (χ1) is 13.7. The lowest BCUT2D eigenvalue weighted by Gasteiger charge is -2.19. The van der Waals surface area contributed by atoms with Gasteiger partial charge in [-0.05, 0) is 23.1 Å². The first-order valence-electron chi connectivity index (χ1n) is 9.20. The first-order valence-corrected chi connectivity index (χ1v) is 9.20. The van der Waals surface area contributed by atoms with Gasteiger partial charge in [0.1, 0.15) is 0 Å². The highest BCUT2D eigenvalue weighted by Crippen LogP contribution is 2.31. The molecule has 1 atom stereocenters. The van der Waals surface area contributed by atoms with E-state index in [0.29, 0.717) is 19.0 Å². The van der Waals surface area contributed by atoms with Crippen molar-refractivity contribution < 1.29 is 14.3 Å². The Balaban J connectivity index is 1.46. The molecule has 0 saturated carbocycles. The number of hydrogen-bond acceptors (Lipinski definition) is 4. The molecule has 3 aromatic rings. The molecule has 1 saturated heterocycles. The lowest BCUT2D eigenvalue weighted by molar-refractivity contribution is -0.126. The highest BCUT2D eigenvalue weighted by Gasteiger charge is 2.35. The van der Waals surface area contributed by atoms with Crippen LogP contribution in [0.1, 0.15) is 12.0 Å². The average molecular weight is 375 g/mol. The predicted molar refractivity (Wildman–Crippen MR) is 107 cm³/mol. The van der Waals surface area contributed by atoms with Gasteiger partial charge in [0.15, 0.2) is 0 Å². The normalized spacial score (nSPS) is 16.4. The van der Waals surface area contributed by atoms with Gasteiger partial charge < -0.3 is 15.0 Å². The van der Waals surface area contributed by atoms with Gasteiger partial charge in [-0.2, -0.15) is 0 Å². The Morgan fingerprint density at radius 2 is 2.04 bits per heavy atom. The number of anilines is 1. The molecule has 142 valence electrons. The monoisotopic (exact) mass is 375 g/mol. The summed E-state index contributed by atoms with van der Waals surface area (Å²) in [4.78, 5) is 31.0. The van der Waals surface area contributed by atoms with Gasteiger partial charge in [-0.15, -0.1) is 0 Å². The molecule has 2 aromatic carbocycles. The second-order valence-corrected chi connectivity index (χ2v) is 6.83. The van der Waals surface area contributed by atoms with E-state index in [4.69, 9.17) is 4.74 Å². The van der Waals surface area contributed by atoms with Crippen LogP contribution in [0.15, 0.2) is 60.8 Å². The Labute approximate surface area is 163 Å². The van der Waals surface area contributed by atoms with Gasteiger partial charge in [0.05, 0.1) is 18.7 Å². The largest absolute Gasteiger partial charge is 0.481 e. The fourth-order valence-corrected chi connectivity index (χ4v) is 3.57. The van der Waals surface area contributed by atoms with E-state index >= 15 is 0 Å². The number of rotatable bonds is 5. The van der Waals surface area contributed by atoms with Crippen molar-refractivity contribution in [2.45, 2.75) is 13.0 Å². The number of hydrogen-bond donors (Lipinski definition) is 1. The van der Waals surface area contributed by atoms with Gasteiger partial charge in [-0.1, -0.05) is 36.4 Å². The Morgan fingerprint density at radius 1 is 1.21 bits per heavy atom. The molecule has 2 amide bonds. The number of nitrogens with one attached hydrogen (secondary N) is 1. The zero-order valence-electron chi connectivity index (χ0n) is 15.6. The van der Waals surface area contributed by atoms with Crippen LogP contribution in [0.4, 0.5) is 5.69 Å². The first kappa shape index (κ1) is 18.0. The summed E-state index contributed by atoms with van der Waals surface area (Å²) in [5.74, 6) is -0.00549. The molecule has 0 spiro atoms. The fourth-order valence-electron chi connectivity index (χ4n) is 3.57. The topological polar surface area (TPSA) is 71.5 Å². The van der Waals surface area contributed by atoms with Gasteiger partial charge in [0.2, 0.25) is 17.7 Å². The van der Waals surface area contributed by atoms with Crippen molar-refractivity contribution in [3.8, 4) is 5.88 Å². The predicted octanol–water partition coefficient (Wildman–Crippen LogP) is 2.91. The number of carbonyl (C=O) groups excluding carboxylic acids is 2. The van der Waals surface area contributed by atoms with Crippen LogP contribution in [0.5, 0.6) is 5.88 Å². The molecule has 1 aliphatic heterocycles. The quantitative estimate of drug-likeness (QED) is 0.744. The third-order valence-corrected chi connectivity index (χ3v) is 5.03. The molecular weight excluding hydrogens is 354 g/mol. The van der Waals surface area contributed by atoms with Crippen molar-refractivity contribution in [2.24, 2.45) is 5.92 Å². The number of carbonyl (C=O) groups is 2. The maximum Gasteiger partial charge on any atom is 0.227 e. The molecule has 6 nitrogen and oxygen atoms in total. The van der Waals surface area contributed by atoms with Crippen LogP contribution in [-0.2, 0) is 16.1 Å². The summed E-state index contributed by atoms with van der Waals surface area (Å²) < 4.78 is 5.10. The van der Waals surface area contributed by atoms with Gasteiger partial charge >= 0.3 is 0 Å². The van der Waals surface area contributed by atoms with E-state index in [0.717, 1.165) is 22.0 Å². The van der Waals surface area contributed by atoms with E-state index in [9.17, 15) is 9.59 Å². The van der Waals surface area contributed by atoms with Crippen molar-refractivity contribution in [3.63, 3.8) is 0 Å². The molecule has 1 aliphatic rings. The minimum atomic E-state index is -0.366. The summed E-state index contributed by atoms with van der Waals surface area (Å²) >= 11 is 0. The summed E-state index contributed by atoms with van der Waals surface area (Å²) in [6.07, 6.45) is 1.86. The van der Waals surface area contributed by atoms with E-state index in [2.05, 4.69) is 10.3 Å². The van der Waals surface area contributed by atoms with E-state index < -0.39 is 0 Å². The highest BCUT2D eigenvalue weighted by molar-refractivity contribution is 6.06. The summed E-state index contributed by atoms with van der Waals surface area (Å²) in [6.45, 7) is 0.759. The number of ether oxygens (including phenoxy) is 1. The number of fused-ring (bicyclic) bond motifs is 1. The molecule has 2 heterocycles. The second-order valence-electron chi connectivity index (χ2n) is 6.83. The molecular formula is C22H21N3O3. The zero-order chi connectivity index (χ0) is 19.5. The van der Waals surface area contributed by atoms with Crippen LogP contribution in [0.2, 0.25) is 0 Å². The minimum Gasteiger partial charge on any atom is -0.481 e. The molecule has 1 N–H and O–H groups in total. The molecule has 1 aromatic heterocycles.